The van der Waals surface area contributed by atoms with Gasteiger partial charge in [-0.25, -0.2) is 0 Å². The molecule has 0 aliphatic carbocycles. The Morgan fingerprint density at radius 1 is 1.19 bits per heavy atom. The predicted molar refractivity (Wildman–Crippen MR) is 58.3 cm³/mol. The van der Waals surface area contributed by atoms with Crippen LogP contribution in [0.4, 0.5) is 0 Å². The van der Waals surface area contributed by atoms with Gasteiger partial charge in [0.2, 0.25) is 0 Å². The van der Waals surface area contributed by atoms with E-state index in [2.05, 4.69) is 11.8 Å². The Bertz CT molecular complexity index is 349. The molecule has 0 bridgehead atoms. The van der Waals surface area contributed by atoms with Gasteiger partial charge in [-0.05, 0) is 0 Å². The number of aliphatic carboxylic acids is 2. The molecule has 0 heterocycles. The van der Waals surface area contributed by atoms with E-state index in [4.69, 9.17) is 18.0 Å². The molecule has 0 spiro atoms. The van der Waals surface area contributed by atoms with Gasteiger partial charge in [-0.3, -0.25) is 9.59 Å². The lowest BCUT2D eigenvalue weighted by atomic mass is 9.66. The molecule has 0 aromatic carbocycles. The summed E-state index contributed by atoms with van der Waals surface area (Å²) in [6, 6.07) is 0. The van der Waals surface area contributed by atoms with Gasteiger partial charge in [0.05, 0.1) is 6.42 Å². The van der Waals surface area contributed by atoms with Crippen molar-refractivity contribution in [1.29, 1.82) is 0 Å². The van der Waals surface area contributed by atoms with E-state index >= 15 is 0 Å². The molecule has 0 saturated carbocycles. The van der Waals surface area contributed by atoms with Gasteiger partial charge < -0.3 is 10.2 Å². The average Bonchev–Trinajstić information content (AvgIpc) is 2.22. The summed E-state index contributed by atoms with van der Waals surface area (Å²) < 4.78 is 0. The lowest BCUT2D eigenvalue weighted by Gasteiger charge is -2.34. The lowest BCUT2D eigenvalue weighted by molar-refractivity contribution is -0.160. The van der Waals surface area contributed by atoms with E-state index in [0.29, 0.717) is 0 Å². The highest BCUT2D eigenvalue weighted by Crippen LogP contribution is 2.39. The maximum Gasteiger partial charge on any atom is 0.312 e. The molecular weight excluding hydrogens is 208 g/mol. The Labute approximate surface area is 94.7 Å². The number of carboxylic acids is 2. The van der Waals surface area contributed by atoms with Gasteiger partial charge in [-0.2, -0.15) is 0 Å². The first-order chi connectivity index (χ1) is 7.32. The molecule has 16 heavy (non-hydrogen) atoms. The van der Waals surface area contributed by atoms with Crippen molar-refractivity contribution < 1.29 is 19.8 Å². The Balaban J connectivity index is 5.61. The van der Waals surface area contributed by atoms with Crippen LogP contribution in [0.5, 0.6) is 0 Å². The van der Waals surface area contributed by atoms with Gasteiger partial charge >= 0.3 is 11.9 Å². The molecule has 2 N–H and O–H groups in total. The smallest absolute Gasteiger partial charge is 0.312 e. The highest BCUT2D eigenvalue weighted by molar-refractivity contribution is 5.83. The van der Waals surface area contributed by atoms with Gasteiger partial charge in [0.25, 0.3) is 0 Å². The third kappa shape index (κ3) is 2.35. The summed E-state index contributed by atoms with van der Waals surface area (Å²) in [5.74, 6) is 0.519. The maximum absolute atomic E-state index is 11.3. The fourth-order valence-corrected chi connectivity index (χ4v) is 1.67. The van der Waals surface area contributed by atoms with E-state index in [1.807, 2.05) is 0 Å². The van der Waals surface area contributed by atoms with Crippen molar-refractivity contribution in [3.8, 4) is 24.7 Å². The molecule has 2 unspecified atom stereocenters. The third-order valence-corrected chi connectivity index (χ3v) is 2.89. The first-order valence-corrected chi connectivity index (χ1v) is 4.70. The molecule has 0 fully saturated rings. The van der Waals surface area contributed by atoms with Crippen LogP contribution in [0.15, 0.2) is 0 Å². The summed E-state index contributed by atoms with van der Waals surface area (Å²) in [6.07, 6.45) is 9.79. The van der Waals surface area contributed by atoms with Gasteiger partial charge in [0, 0.05) is 11.8 Å². The predicted octanol–water partition coefficient (Wildman–Crippen LogP) is 1.07. The second-order valence-electron chi connectivity index (χ2n) is 3.69. The van der Waals surface area contributed by atoms with Crippen LogP contribution in [0, 0.1) is 41.9 Å². The van der Waals surface area contributed by atoms with Crippen LogP contribution in [-0.2, 0) is 9.59 Å². The molecule has 0 aromatic heterocycles. The minimum Gasteiger partial charge on any atom is -0.481 e. The van der Waals surface area contributed by atoms with Crippen LogP contribution in [0.3, 0.4) is 0 Å². The molecule has 0 radical (unpaired) electrons. The number of hydrogen-bond donors (Lipinski definition) is 2. The monoisotopic (exact) mass is 222 g/mol. The van der Waals surface area contributed by atoms with Crippen molar-refractivity contribution in [1.82, 2.24) is 0 Å². The fourth-order valence-electron chi connectivity index (χ4n) is 1.67. The quantitative estimate of drug-likeness (QED) is 0.682. The summed E-state index contributed by atoms with van der Waals surface area (Å²) in [6.45, 7) is 2.98. The second-order valence-corrected chi connectivity index (χ2v) is 3.69. The maximum atomic E-state index is 11.3. The van der Waals surface area contributed by atoms with Gasteiger partial charge in [-0.1, -0.05) is 13.8 Å². The van der Waals surface area contributed by atoms with Gasteiger partial charge in [0.15, 0.2) is 0 Å². The lowest BCUT2D eigenvalue weighted by Crippen LogP contribution is -2.44. The van der Waals surface area contributed by atoms with Crippen LogP contribution in [-0.4, -0.2) is 22.2 Å². The highest BCUT2D eigenvalue weighted by atomic mass is 16.4. The van der Waals surface area contributed by atoms with Gasteiger partial charge in [0.1, 0.15) is 5.41 Å². The Hall–Kier alpha value is -1.94. The Morgan fingerprint density at radius 3 is 1.75 bits per heavy atom. The molecule has 0 aromatic rings. The third-order valence-electron chi connectivity index (χ3n) is 2.89. The normalized spacial score (nSPS) is 17.2. The van der Waals surface area contributed by atoms with Crippen LogP contribution >= 0.6 is 0 Å². The highest BCUT2D eigenvalue weighted by Gasteiger charge is 2.49. The van der Waals surface area contributed by atoms with Crippen LogP contribution in [0.25, 0.3) is 0 Å². The largest absolute Gasteiger partial charge is 0.481 e. The van der Waals surface area contributed by atoms with Crippen molar-refractivity contribution in [2.24, 2.45) is 17.3 Å². The van der Waals surface area contributed by atoms with Crippen LogP contribution in [0.2, 0.25) is 0 Å². The Morgan fingerprint density at radius 2 is 1.56 bits per heavy atom. The number of rotatable bonds is 5. The zero-order chi connectivity index (χ0) is 12.9. The minimum absolute atomic E-state index is 0.584. The summed E-state index contributed by atoms with van der Waals surface area (Å²) >= 11 is 0. The van der Waals surface area contributed by atoms with Crippen molar-refractivity contribution in [3.63, 3.8) is 0 Å². The molecule has 0 rings (SSSR count). The number of hydrogen-bond acceptors (Lipinski definition) is 2. The molecule has 4 heteroatoms. The van der Waals surface area contributed by atoms with E-state index in [9.17, 15) is 14.7 Å². The SMILES string of the molecule is C#CC(C)C(CC(=O)O)(C(=O)O)C(C)C#C. The summed E-state index contributed by atoms with van der Waals surface area (Å²) in [4.78, 5) is 22.1. The van der Waals surface area contributed by atoms with Crippen molar-refractivity contribution in [2.45, 2.75) is 20.3 Å². The zero-order valence-corrected chi connectivity index (χ0v) is 9.23. The Kier molecular flexibility index (Phi) is 4.59. The zero-order valence-electron chi connectivity index (χ0n) is 9.23. The van der Waals surface area contributed by atoms with Crippen molar-refractivity contribution >= 4 is 11.9 Å². The minimum atomic E-state index is -1.62. The first kappa shape index (κ1) is 14.1. The van der Waals surface area contributed by atoms with E-state index in [-0.39, 0.29) is 0 Å². The van der Waals surface area contributed by atoms with E-state index in [1.165, 1.54) is 13.8 Å². The van der Waals surface area contributed by atoms with Crippen molar-refractivity contribution in [3.05, 3.63) is 0 Å². The number of carboxylic acid groups (broad SMARTS) is 2. The second kappa shape index (κ2) is 5.23. The van der Waals surface area contributed by atoms with Crippen LogP contribution < -0.4 is 0 Å². The van der Waals surface area contributed by atoms with E-state index in [1.54, 1.807) is 0 Å². The summed E-state index contributed by atoms with van der Waals surface area (Å²) in [7, 11) is 0. The molecular formula is C12H14O4. The van der Waals surface area contributed by atoms with E-state index < -0.39 is 35.6 Å². The molecule has 0 amide bonds. The van der Waals surface area contributed by atoms with Gasteiger partial charge in [-0.15, -0.1) is 24.7 Å². The standard InChI is InChI=1S/C12H14O4/c1-5-8(3)12(11(15)16,7-10(13)14)9(4)6-2/h1-2,8-9H,7H2,3-4H3,(H,13,14)(H,15,16). The fraction of sp³-hybridized carbons (Fsp3) is 0.500. The molecule has 0 aliphatic heterocycles. The van der Waals surface area contributed by atoms with E-state index in [0.717, 1.165) is 0 Å². The number of carbonyl (C=O) groups is 2. The molecule has 4 nitrogen and oxygen atoms in total. The number of terminal acetylenes is 2. The average molecular weight is 222 g/mol. The van der Waals surface area contributed by atoms with Crippen LogP contribution in [0.1, 0.15) is 20.3 Å². The molecule has 2 atom stereocenters. The first-order valence-electron chi connectivity index (χ1n) is 4.70. The topological polar surface area (TPSA) is 74.6 Å². The van der Waals surface area contributed by atoms with Crippen molar-refractivity contribution in [2.75, 3.05) is 0 Å². The molecule has 0 saturated heterocycles. The molecule has 0 aliphatic rings. The summed E-state index contributed by atoms with van der Waals surface area (Å²) in [5, 5.41) is 18.0. The summed E-state index contributed by atoms with van der Waals surface area (Å²) in [5.41, 5.74) is -1.62. The molecule has 86 valence electrons.